The molecule has 0 spiro atoms. The first-order valence-corrected chi connectivity index (χ1v) is 10.1. The van der Waals surface area contributed by atoms with Crippen LogP contribution in [0.3, 0.4) is 0 Å². The molecule has 0 fully saturated rings. The zero-order chi connectivity index (χ0) is 24.9. The minimum Gasteiger partial charge on any atom is -0.490 e. The first-order valence-electron chi connectivity index (χ1n) is 10.1. The van der Waals surface area contributed by atoms with Crippen LogP contribution >= 0.6 is 0 Å². The summed E-state index contributed by atoms with van der Waals surface area (Å²) in [6, 6.07) is 13.1. The van der Waals surface area contributed by atoms with E-state index in [9.17, 15) is 19.2 Å². The van der Waals surface area contributed by atoms with Gasteiger partial charge in [-0.1, -0.05) is 31.4 Å². The Bertz CT molecular complexity index is 1080. The van der Waals surface area contributed by atoms with Gasteiger partial charge in [0.15, 0.2) is 5.78 Å². The number of ketones is 1. The minimum atomic E-state index is -0.688. The number of hydrogen-bond acceptors (Lipinski definition) is 8. The highest BCUT2D eigenvalue weighted by Crippen LogP contribution is 2.16. The van der Waals surface area contributed by atoms with Gasteiger partial charge in [-0.25, -0.2) is 9.59 Å². The second-order valence-corrected chi connectivity index (χ2v) is 6.76. The summed E-state index contributed by atoms with van der Waals surface area (Å²) in [4.78, 5) is 46.3. The SMILES string of the molecule is C=CC(=O)Oc1ccc(C(=O)/C=C/c2ccc(OCCOC(=O)C(=C)CC(=O)OC)cc2)cc1. The highest BCUT2D eigenvalue weighted by Gasteiger charge is 2.13. The predicted octanol–water partition coefficient (Wildman–Crippen LogP) is 3.72. The second kappa shape index (κ2) is 13.2. The number of methoxy groups -OCH3 is 1. The lowest BCUT2D eigenvalue weighted by atomic mass is 10.1. The van der Waals surface area contributed by atoms with Gasteiger partial charge in [-0.15, -0.1) is 0 Å². The molecule has 0 N–H and O–H groups in total. The molecule has 8 nitrogen and oxygen atoms in total. The van der Waals surface area contributed by atoms with E-state index in [1.165, 1.54) is 25.3 Å². The number of benzene rings is 2. The van der Waals surface area contributed by atoms with Gasteiger partial charge in [-0.05, 0) is 48.0 Å². The van der Waals surface area contributed by atoms with E-state index in [4.69, 9.17) is 14.2 Å². The molecular weight excluding hydrogens is 440 g/mol. The van der Waals surface area contributed by atoms with Crippen molar-refractivity contribution in [2.75, 3.05) is 20.3 Å². The summed E-state index contributed by atoms with van der Waals surface area (Å²) in [5.41, 5.74) is 1.23. The van der Waals surface area contributed by atoms with E-state index in [-0.39, 0.29) is 31.0 Å². The summed E-state index contributed by atoms with van der Waals surface area (Å²) in [6.07, 6.45) is 3.91. The van der Waals surface area contributed by atoms with Gasteiger partial charge in [-0.3, -0.25) is 9.59 Å². The van der Waals surface area contributed by atoms with Crippen LogP contribution in [0.15, 0.2) is 79.4 Å². The number of hydrogen-bond donors (Lipinski definition) is 0. The highest BCUT2D eigenvalue weighted by atomic mass is 16.6. The van der Waals surface area contributed by atoms with Gasteiger partial charge in [0.25, 0.3) is 0 Å². The van der Waals surface area contributed by atoms with Crippen LogP contribution in [0.25, 0.3) is 6.08 Å². The largest absolute Gasteiger partial charge is 0.490 e. The van der Waals surface area contributed by atoms with Crippen LogP contribution in [-0.2, 0) is 23.9 Å². The van der Waals surface area contributed by atoms with E-state index < -0.39 is 17.9 Å². The Kier molecular flexibility index (Phi) is 9.99. The van der Waals surface area contributed by atoms with Crippen LogP contribution in [-0.4, -0.2) is 44.0 Å². The van der Waals surface area contributed by atoms with Crippen LogP contribution < -0.4 is 9.47 Å². The lowest BCUT2D eigenvalue weighted by molar-refractivity contribution is -0.144. The third kappa shape index (κ3) is 8.58. The lowest BCUT2D eigenvalue weighted by Gasteiger charge is -2.08. The van der Waals surface area contributed by atoms with Crippen molar-refractivity contribution in [2.45, 2.75) is 6.42 Å². The van der Waals surface area contributed by atoms with Crippen molar-refractivity contribution in [3.8, 4) is 11.5 Å². The summed E-state index contributed by atoms with van der Waals surface area (Å²) >= 11 is 0. The van der Waals surface area contributed by atoms with Crippen LogP contribution in [0.2, 0.25) is 0 Å². The third-order valence-corrected chi connectivity index (χ3v) is 4.29. The number of esters is 3. The van der Waals surface area contributed by atoms with E-state index in [1.807, 2.05) is 0 Å². The number of carbonyl (C=O) groups excluding carboxylic acids is 4. The molecule has 0 aliphatic carbocycles. The van der Waals surface area contributed by atoms with Gasteiger partial charge < -0.3 is 18.9 Å². The first-order chi connectivity index (χ1) is 16.3. The second-order valence-electron chi connectivity index (χ2n) is 6.76. The number of rotatable bonds is 12. The molecule has 0 aromatic heterocycles. The summed E-state index contributed by atoms with van der Waals surface area (Å²) in [7, 11) is 1.22. The van der Waals surface area contributed by atoms with E-state index in [1.54, 1.807) is 42.5 Å². The summed E-state index contributed by atoms with van der Waals surface area (Å²) < 4.78 is 19.9. The Morgan fingerprint density at radius 1 is 0.912 bits per heavy atom. The molecule has 0 unspecified atom stereocenters. The Morgan fingerprint density at radius 2 is 1.56 bits per heavy atom. The van der Waals surface area contributed by atoms with Crippen molar-refractivity contribution in [1.29, 1.82) is 0 Å². The van der Waals surface area contributed by atoms with E-state index in [2.05, 4.69) is 17.9 Å². The van der Waals surface area contributed by atoms with Crippen LogP contribution in [0.4, 0.5) is 0 Å². The first kappa shape index (κ1) is 25.8. The van der Waals surface area contributed by atoms with Gasteiger partial charge >= 0.3 is 17.9 Å². The number of ether oxygens (including phenoxy) is 4. The van der Waals surface area contributed by atoms with Crippen molar-refractivity contribution < 1.29 is 38.1 Å². The average molecular weight is 464 g/mol. The molecule has 2 aromatic carbocycles. The van der Waals surface area contributed by atoms with Gasteiger partial charge in [0.05, 0.1) is 13.5 Å². The normalized spacial score (nSPS) is 10.3. The minimum absolute atomic E-state index is 0.00427. The molecule has 0 saturated carbocycles. The monoisotopic (exact) mass is 464 g/mol. The van der Waals surface area contributed by atoms with Crippen LogP contribution in [0.1, 0.15) is 22.3 Å². The molecule has 0 heterocycles. The van der Waals surface area contributed by atoms with Gasteiger partial charge in [-0.2, -0.15) is 0 Å². The molecule has 0 bridgehead atoms. The fourth-order valence-corrected chi connectivity index (χ4v) is 2.50. The maximum absolute atomic E-state index is 12.3. The van der Waals surface area contributed by atoms with Crippen molar-refractivity contribution in [3.63, 3.8) is 0 Å². The fraction of sp³-hybridized carbons (Fsp3) is 0.154. The molecule has 0 aliphatic heterocycles. The number of carbonyl (C=O) groups is 4. The zero-order valence-corrected chi connectivity index (χ0v) is 18.7. The Morgan fingerprint density at radius 3 is 2.18 bits per heavy atom. The average Bonchev–Trinajstić information content (AvgIpc) is 2.85. The van der Waals surface area contributed by atoms with Crippen LogP contribution in [0, 0.1) is 0 Å². The smallest absolute Gasteiger partial charge is 0.335 e. The standard InChI is InChI=1S/C26H24O8/c1-4-24(28)34-22-12-8-20(9-13-22)23(27)14-7-19-5-10-21(11-6-19)32-15-16-33-26(30)18(2)17-25(29)31-3/h4-14H,1-2,15-17H2,3H3/b14-7+. The molecule has 34 heavy (non-hydrogen) atoms. The van der Waals surface area contributed by atoms with Crippen molar-refractivity contribution in [3.05, 3.63) is 90.5 Å². The molecule has 0 aliphatic rings. The molecule has 176 valence electrons. The Labute approximate surface area is 197 Å². The topological polar surface area (TPSA) is 105 Å². The molecular formula is C26H24O8. The van der Waals surface area contributed by atoms with Crippen molar-refractivity contribution in [1.82, 2.24) is 0 Å². The molecule has 2 rings (SSSR count). The Hall–Kier alpha value is -4.46. The maximum atomic E-state index is 12.3. The third-order valence-electron chi connectivity index (χ3n) is 4.29. The maximum Gasteiger partial charge on any atom is 0.335 e. The van der Waals surface area contributed by atoms with E-state index in [0.717, 1.165) is 11.6 Å². The molecule has 2 aromatic rings. The predicted molar refractivity (Wildman–Crippen MR) is 124 cm³/mol. The van der Waals surface area contributed by atoms with Gasteiger partial charge in [0, 0.05) is 17.2 Å². The van der Waals surface area contributed by atoms with E-state index >= 15 is 0 Å². The quantitative estimate of drug-likeness (QED) is 0.154. The van der Waals surface area contributed by atoms with Crippen LogP contribution in [0.5, 0.6) is 11.5 Å². The highest BCUT2D eigenvalue weighted by molar-refractivity contribution is 6.06. The van der Waals surface area contributed by atoms with Crippen molar-refractivity contribution >= 4 is 29.8 Å². The Balaban J connectivity index is 1.78. The summed E-state index contributed by atoms with van der Waals surface area (Å²) in [5, 5.41) is 0. The summed E-state index contributed by atoms with van der Waals surface area (Å²) in [6.45, 7) is 6.91. The molecule has 0 radical (unpaired) electrons. The molecule has 0 atom stereocenters. The lowest BCUT2D eigenvalue weighted by Crippen LogP contribution is -2.15. The van der Waals surface area contributed by atoms with Gasteiger partial charge in [0.2, 0.25) is 0 Å². The zero-order valence-electron chi connectivity index (χ0n) is 18.7. The van der Waals surface area contributed by atoms with Crippen molar-refractivity contribution in [2.24, 2.45) is 0 Å². The number of allylic oxidation sites excluding steroid dienone is 1. The molecule has 8 heteroatoms. The molecule has 0 amide bonds. The summed E-state index contributed by atoms with van der Waals surface area (Å²) in [5.74, 6) is -1.17. The van der Waals surface area contributed by atoms with E-state index in [0.29, 0.717) is 17.1 Å². The fourth-order valence-electron chi connectivity index (χ4n) is 2.50. The van der Waals surface area contributed by atoms with Gasteiger partial charge in [0.1, 0.15) is 24.7 Å². The molecule has 0 saturated heterocycles.